The van der Waals surface area contributed by atoms with Crippen molar-refractivity contribution in [3.05, 3.63) is 63.8 Å². The highest BCUT2D eigenvalue weighted by atomic mass is 32.2. The van der Waals surface area contributed by atoms with E-state index >= 15 is 0 Å². The van der Waals surface area contributed by atoms with E-state index in [1.807, 2.05) is 0 Å². The molecule has 0 atom stereocenters. The minimum atomic E-state index is -0.515. The van der Waals surface area contributed by atoms with E-state index in [1.165, 1.54) is 37.5 Å². The molecule has 0 bridgehead atoms. The van der Waals surface area contributed by atoms with Gasteiger partial charge in [-0.1, -0.05) is 6.08 Å². The SMILES string of the molecule is C=CCN1C(=O)S/C(=C/c2ccc(-c3ccc([N+](=O)[O-])cc3OC)o2)C1=O. The zero-order valence-electron chi connectivity index (χ0n) is 14.2. The Morgan fingerprint density at radius 2 is 2.11 bits per heavy atom. The number of methoxy groups -OCH3 is 1. The third-order valence-corrected chi connectivity index (χ3v) is 4.65. The molecule has 2 amide bonds. The number of thioether (sulfide) groups is 1. The van der Waals surface area contributed by atoms with Gasteiger partial charge in [-0.05, 0) is 30.0 Å². The van der Waals surface area contributed by atoms with Crippen LogP contribution in [-0.2, 0) is 4.79 Å². The van der Waals surface area contributed by atoms with Crippen LogP contribution in [0.5, 0.6) is 5.75 Å². The van der Waals surface area contributed by atoms with Crippen LogP contribution < -0.4 is 4.74 Å². The number of non-ortho nitro benzene ring substituents is 1. The number of furan rings is 1. The molecule has 1 aromatic heterocycles. The fraction of sp³-hybridized carbons (Fsp3) is 0.111. The summed E-state index contributed by atoms with van der Waals surface area (Å²) in [5, 5.41) is 10.5. The first kappa shape index (κ1) is 18.5. The fourth-order valence-corrected chi connectivity index (χ4v) is 3.32. The zero-order valence-corrected chi connectivity index (χ0v) is 15.0. The predicted octanol–water partition coefficient (Wildman–Crippen LogP) is 4.09. The molecule has 2 aromatic rings. The number of hydrogen-bond donors (Lipinski definition) is 0. The lowest BCUT2D eigenvalue weighted by molar-refractivity contribution is -0.384. The lowest BCUT2D eigenvalue weighted by Crippen LogP contribution is -2.27. The monoisotopic (exact) mass is 386 g/mol. The van der Waals surface area contributed by atoms with E-state index in [0.29, 0.717) is 17.1 Å². The first-order valence-corrected chi connectivity index (χ1v) is 8.55. The van der Waals surface area contributed by atoms with Gasteiger partial charge in [0.15, 0.2) is 0 Å². The van der Waals surface area contributed by atoms with Crippen molar-refractivity contribution in [3.8, 4) is 17.1 Å². The van der Waals surface area contributed by atoms with Crippen molar-refractivity contribution in [3.63, 3.8) is 0 Å². The third kappa shape index (κ3) is 3.63. The number of amides is 2. The first-order valence-electron chi connectivity index (χ1n) is 7.73. The predicted molar refractivity (Wildman–Crippen MR) is 100 cm³/mol. The summed E-state index contributed by atoms with van der Waals surface area (Å²) in [5.41, 5.74) is 0.431. The molecular weight excluding hydrogens is 372 g/mol. The summed E-state index contributed by atoms with van der Waals surface area (Å²) < 4.78 is 10.9. The van der Waals surface area contributed by atoms with E-state index in [-0.39, 0.29) is 28.1 Å². The molecule has 3 rings (SSSR count). The standard InChI is InChI=1S/C18H14N2O6S/c1-3-8-19-17(21)16(27-18(19)22)10-12-5-7-14(26-12)13-6-4-11(20(23)24)9-15(13)25-2/h3-7,9-10H,1,8H2,2H3/b16-10+. The van der Waals surface area contributed by atoms with Crippen molar-refractivity contribution in [1.29, 1.82) is 0 Å². The van der Waals surface area contributed by atoms with E-state index in [4.69, 9.17) is 9.15 Å². The van der Waals surface area contributed by atoms with E-state index in [0.717, 1.165) is 16.7 Å². The van der Waals surface area contributed by atoms with Crippen LogP contribution in [-0.4, -0.2) is 34.6 Å². The Morgan fingerprint density at radius 1 is 1.33 bits per heavy atom. The molecule has 0 aliphatic carbocycles. The molecule has 27 heavy (non-hydrogen) atoms. The van der Waals surface area contributed by atoms with Gasteiger partial charge in [0.1, 0.15) is 17.3 Å². The Labute approximate surface area is 158 Å². The Balaban J connectivity index is 1.90. The molecule has 0 unspecified atom stereocenters. The summed E-state index contributed by atoms with van der Waals surface area (Å²) in [6, 6.07) is 7.47. The van der Waals surface area contributed by atoms with E-state index < -0.39 is 10.8 Å². The van der Waals surface area contributed by atoms with Gasteiger partial charge in [0.2, 0.25) is 0 Å². The summed E-state index contributed by atoms with van der Waals surface area (Å²) in [5.74, 6) is 0.667. The number of imide groups is 1. The van der Waals surface area contributed by atoms with Crippen molar-refractivity contribution in [2.24, 2.45) is 0 Å². The lowest BCUT2D eigenvalue weighted by Gasteiger charge is -2.07. The summed E-state index contributed by atoms with van der Waals surface area (Å²) >= 11 is 0.826. The molecule has 138 valence electrons. The number of nitro groups is 1. The maximum absolute atomic E-state index is 12.2. The summed E-state index contributed by atoms with van der Waals surface area (Å²) in [7, 11) is 1.40. The molecule has 1 saturated heterocycles. The number of nitrogens with zero attached hydrogens (tertiary/aromatic N) is 2. The Hall–Kier alpha value is -3.33. The highest BCUT2D eigenvalue weighted by molar-refractivity contribution is 8.18. The maximum atomic E-state index is 12.2. The molecule has 8 nitrogen and oxygen atoms in total. The number of nitro benzene ring substituents is 1. The van der Waals surface area contributed by atoms with Gasteiger partial charge in [0.05, 0.1) is 28.6 Å². The van der Waals surface area contributed by atoms with Crippen LogP contribution in [0.1, 0.15) is 5.76 Å². The molecule has 0 saturated carbocycles. The van der Waals surface area contributed by atoms with Crippen LogP contribution in [0.4, 0.5) is 10.5 Å². The van der Waals surface area contributed by atoms with Crippen molar-refractivity contribution in [2.75, 3.05) is 13.7 Å². The molecule has 0 N–H and O–H groups in total. The van der Waals surface area contributed by atoms with Gasteiger partial charge >= 0.3 is 0 Å². The summed E-state index contributed by atoms with van der Waals surface area (Å²) in [4.78, 5) is 35.8. The normalized spacial score (nSPS) is 15.4. The summed E-state index contributed by atoms with van der Waals surface area (Å²) in [6.45, 7) is 3.67. The lowest BCUT2D eigenvalue weighted by atomic mass is 10.1. The van der Waals surface area contributed by atoms with Crippen LogP contribution in [0, 0.1) is 10.1 Å². The molecule has 1 aliphatic rings. The smallest absolute Gasteiger partial charge is 0.293 e. The maximum Gasteiger partial charge on any atom is 0.293 e. The number of benzene rings is 1. The minimum absolute atomic E-state index is 0.0988. The molecule has 9 heteroatoms. The molecule has 1 aliphatic heterocycles. The molecular formula is C18H14N2O6S. The van der Waals surface area contributed by atoms with Crippen molar-refractivity contribution < 1.29 is 23.7 Å². The largest absolute Gasteiger partial charge is 0.496 e. The average Bonchev–Trinajstić information content (AvgIpc) is 3.21. The van der Waals surface area contributed by atoms with Gasteiger partial charge in [-0.15, -0.1) is 6.58 Å². The molecule has 1 fully saturated rings. The topological polar surface area (TPSA) is 103 Å². The van der Waals surface area contributed by atoms with Crippen LogP contribution in [0.3, 0.4) is 0 Å². The van der Waals surface area contributed by atoms with Crippen molar-refractivity contribution in [1.82, 2.24) is 4.90 Å². The second kappa shape index (κ2) is 7.50. The van der Waals surface area contributed by atoms with Crippen LogP contribution >= 0.6 is 11.8 Å². The van der Waals surface area contributed by atoms with Crippen LogP contribution in [0.2, 0.25) is 0 Å². The van der Waals surface area contributed by atoms with Crippen LogP contribution in [0.15, 0.2) is 52.3 Å². The molecule has 0 radical (unpaired) electrons. The van der Waals surface area contributed by atoms with Gasteiger partial charge in [0.25, 0.3) is 16.8 Å². The van der Waals surface area contributed by atoms with Gasteiger partial charge < -0.3 is 9.15 Å². The number of hydrogen-bond acceptors (Lipinski definition) is 7. The third-order valence-electron chi connectivity index (χ3n) is 3.75. The molecule has 0 spiro atoms. The Bertz CT molecular complexity index is 978. The average molecular weight is 386 g/mol. The Kier molecular flexibility index (Phi) is 5.13. The zero-order chi connectivity index (χ0) is 19.6. The second-order valence-electron chi connectivity index (χ2n) is 5.42. The minimum Gasteiger partial charge on any atom is -0.496 e. The van der Waals surface area contributed by atoms with Crippen molar-refractivity contribution >= 4 is 34.7 Å². The fourth-order valence-electron chi connectivity index (χ4n) is 2.49. The van der Waals surface area contributed by atoms with E-state index in [2.05, 4.69) is 6.58 Å². The van der Waals surface area contributed by atoms with E-state index in [9.17, 15) is 19.7 Å². The molecule has 2 heterocycles. The Morgan fingerprint density at radius 3 is 2.78 bits per heavy atom. The molecule has 1 aromatic carbocycles. The number of ether oxygens (including phenoxy) is 1. The van der Waals surface area contributed by atoms with Crippen molar-refractivity contribution in [2.45, 2.75) is 0 Å². The number of rotatable bonds is 6. The van der Waals surface area contributed by atoms with Gasteiger partial charge in [-0.25, -0.2) is 0 Å². The quantitative estimate of drug-likeness (QED) is 0.319. The van der Waals surface area contributed by atoms with E-state index in [1.54, 1.807) is 12.1 Å². The highest BCUT2D eigenvalue weighted by Gasteiger charge is 2.34. The summed E-state index contributed by atoms with van der Waals surface area (Å²) in [6.07, 6.45) is 2.96. The highest BCUT2D eigenvalue weighted by Crippen LogP contribution is 2.36. The number of carbonyl (C=O) groups is 2. The first-order chi connectivity index (χ1) is 12.9. The van der Waals surface area contributed by atoms with Gasteiger partial charge in [0, 0.05) is 18.7 Å². The van der Waals surface area contributed by atoms with Gasteiger partial charge in [-0.3, -0.25) is 24.6 Å². The van der Waals surface area contributed by atoms with Crippen LogP contribution in [0.25, 0.3) is 17.4 Å². The second-order valence-corrected chi connectivity index (χ2v) is 6.42. The number of carbonyl (C=O) groups excluding carboxylic acids is 2. The van der Waals surface area contributed by atoms with Gasteiger partial charge in [-0.2, -0.15) is 0 Å².